The van der Waals surface area contributed by atoms with E-state index in [4.69, 9.17) is 0 Å². The predicted molar refractivity (Wildman–Crippen MR) is 85.0 cm³/mol. The van der Waals surface area contributed by atoms with E-state index in [-0.39, 0.29) is 31.2 Å². The number of hydrogen-bond acceptors (Lipinski definition) is 5. The summed E-state index contributed by atoms with van der Waals surface area (Å²) in [6.45, 7) is 2.26. The summed E-state index contributed by atoms with van der Waals surface area (Å²) in [5.41, 5.74) is 3.34. The van der Waals surface area contributed by atoms with E-state index in [1.807, 2.05) is 6.92 Å². The molecule has 2 aliphatic rings. The number of carbonyl (C=O) groups is 3. The topological polar surface area (TPSA) is 113 Å². The summed E-state index contributed by atoms with van der Waals surface area (Å²) in [6.07, 6.45) is 4.75. The Hall–Kier alpha value is -2.51. The summed E-state index contributed by atoms with van der Waals surface area (Å²) in [6, 6.07) is -1.14. The van der Waals surface area contributed by atoms with Crippen molar-refractivity contribution in [1.82, 2.24) is 25.9 Å². The Morgan fingerprint density at radius 3 is 2.79 bits per heavy atom. The smallest absolute Gasteiger partial charge is 0.322 e. The van der Waals surface area contributed by atoms with Crippen molar-refractivity contribution >= 4 is 17.8 Å². The van der Waals surface area contributed by atoms with E-state index in [0.717, 1.165) is 30.7 Å². The van der Waals surface area contributed by atoms with Gasteiger partial charge in [-0.25, -0.2) is 14.8 Å². The summed E-state index contributed by atoms with van der Waals surface area (Å²) in [5.74, 6) is 0.0396. The maximum absolute atomic E-state index is 11.9. The lowest BCUT2D eigenvalue weighted by Crippen LogP contribution is -2.32. The first-order valence-corrected chi connectivity index (χ1v) is 8.26. The first kappa shape index (κ1) is 16.4. The second-order valence-electron chi connectivity index (χ2n) is 6.19. The van der Waals surface area contributed by atoms with Gasteiger partial charge in [-0.3, -0.25) is 14.9 Å². The molecule has 8 heteroatoms. The minimum atomic E-state index is -0.634. The third-order valence-corrected chi connectivity index (χ3v) is 4.40. The fraction of sp³-hybridized carbons (Fsp3) is 0.562. The number of imide groups is 1. The van der Waals surface area contributed by atoms with Gasteiger partial charge in [0, 0.05) is 17.8 Å². The van der Waals surface area contributed by atoms with E-state index < -0.39 is 12.1 Å². The lowest BCUT2D eigenvalue weighted by molar-refractivity contribution is -0.122. The Balaban J connectivity index is 1.50. The summed E-state index contributed by atoms with van der Waals surface area (Å²) >= 11 is 0. The summed E-state index contributed by atoms with van der Waals surface area (Å²) in [7, 11) is 0. The van der Waals surface area contributed by atoms with E-state index in [0.29, 0.717) is 5.82 Å². The largest absolute Gasteiger partial charge is 0.349 e. The van der Waals surface area contributed by atoms with Crippen molar-refractivity contribution in [3.05, 3.63) is 22.8 Å². The number of hydrogen-bond donors (Lipinski definition) is 3. The summed E-state index contributed by atoms with van der Waals surface area (Å²) in [5, 5.41) is 7.39. The highest BCUT2D eigenvalue weighted by Gasteiger charge is 2.29. The molecule has 4 amide bonds. The van der Waals surface area contributed by atoms with Crippen LogP contribution < -0.4 is 16.0 Å². The van der Waals surface area contributed by atoms with Crippen molar-refractivity contribution in [1.29, 1.82) is 0 Å². The van der Waals surface area contributed by atoms with Gasteiger partial charge >= 0.3 is 6.03 Å². The summed E-state index contributed by atoms with van der Waals surface area (Å²) < 4.78 is 0. The Labute approximate surface area is 139 Å². The number of nitrogens with zero attached hydrogens (tertiary/aromatic N) is 2. The Morgan fingerprint density at radius 1 is 1.25 bits per heavy atom. The van der Waals surface area contributed by atoms with Crippen molar-refractivity contribution in [2.45, 2.75) is 58.0 Å². The van der Waals surface area contributed by atoms with Gasteiger partial charge in [-0.2, -0.15) is 0 Å². The average molecular weight is 331 g/mol. The fourth-order valence-corrected chi connectivity index (χ4v) is 3.13. The van der Waals surface area contributed by atoms with Gasteiger partial charge in [-0.1, -0.05) is 0 Å². The molecule has 24 heavy (non-hydrogen) atoms. The molecule has 3 N–H and O–H groups in total. The highest BCUT2D eigenvalue weighted by Crippen LogP contribution is 2.21. The number of aryl methyl sites for hydroxylation is 2. The van der Waals surface area contributed by atoms with Gasteiger partial charge in [0.2, 0.25) is 5.91 Å². The van der Waals surface area contributed by atoms with E-state index in [9.17, 15) is 14.4 Å². The third kappa shape index (κ3) is 3.69. The van der Waals surface area contributed by atoms with Crippen LogP contribution >= 0.6 is 0 Å². The molecule has 3 rings (SSSR count). The SMILES string of the molecule is Cc1nc(CNC(=O)CC[C@H]2NC(=O)NC2=O)nc2c1CCCC2. The molecule has 0 aromatic carbocycles. The molecule has 0 bridgehead atoms. The molecule has 1 aromatic heterocycles. The molecule has 0 saturated carbocycles. The van der Waals surface area contributed by atoms with Crippen LogP contribution in [0, 0.1) is 6.92 Å². The second-order valence-corrected chi connectivity index (χ2v) is 6.19. The quantitative estimate of drug-likeness (QED) is 0.670. The Bertz CT molecular complexity index is 689. The molecule has 2 heterocycles. The van der Waals surface area contributed by atoms with Crippen molar-refractivity contribution < 1.29 is 14.4 Å². The van der Waals surface area contributed by atoms with Gasteiger partial charge in [0.05, 0.1) is 6.54 Å². The molecular weight excluding hydrogens is 310 g/mol. The van der Waals surface area contributed by atoms with Crippen LogP contribution in [0.2, 0.25) is 0 Å². The number of rotatable bonds is 5. The zero-order chi connectivity index (χ0) is 17.1. The molecular formula is C16H21N5O3. The number of aromatic nitrogens is 2. The molecule has 0 unspecified atom stereocenters. The standard InChI is InChI=1S/C16H21N5O3/c1-9-10-4-2-3-5-11(10)19-13(18-9)8-17-14(22)7-6-12-15(23)21-16(24)20-12/h12H,2-8H2,1H3,(H,17,22)(H2,20,21,23,24)/t12-/m1/s1. The molecule has 0 spiro atoms. The molecule has 1 aliphatic heterocycles. The fourth-order valence-electron chi connectivity index (χ4n) is 3.13. The molecule has 1 atom stereocenters. The average Bonchev–Trinajstić information content (AvgIpc) is 2.88. The molecule has 0 radical (unpaired) electrons. The van der Waals surface area contributed by atoms with E-state index in [2.05, 4.69) is 25.9 Å². The molecule has 1 aliphatic carbocycles. The number of fused-ring (bicyclic) bond motifs is 1. The van der Waals surface area contributed by atoms with Crippen molar-refractivity contribution in [2.75, 3.05) is 0 Å². The Morgan fingerprint density at radius 2 is 2.04 bits per heavy atom. The van der Waals surface area contributed by atoms with Crippen LogP contribution in [-0.4, -0.2) is 33.9 Å². The maximum atomic E-state index is 11.9. The first-order chi connectivity index (χ1) is 11.5. The van der Waals surface area contributed by atoms with Crippen LogP contribution in [0.4, 0.5) is 4.79 Å². The van der Waals surface area contributed by atoms with Crippen molar-refractivity contribution in [2.24, 2.45) is 0 Å². The number of urea groups is 1. The number of carbonyl (C=O) groups excluding carboxylic acids is 3. The predicted octanol–water partition coefficient (Wildman–Crippen LogP) is 0.268. The normalized spacial score (nSPS) is 19.5. The lowest BCUT2D eigenvalue weighted by atomic mass is 9.95. The van der Waals surface area contributed by atoms with Crippen molar-refractivity contribution in [3.8, 4) is 0 Å². The third-order valence-electron chi connectivity index (χ3n) is 4.40. The minimum absolute atomic E-state index is 0.155. The second kappa shape index (κ2) is 6.94. The molecule has 1 aromatic rings. The van der Waals surface area contributed by atoms with Gasteiger partial charge in [0.25, 0.3) is 5.91 Å². The maximum Gasteiger partial charge on any atom is 0.322 e. The van der Waals surface area contributed by atoms with Crippen LogP contribution in [0.15, 0.2) is 0 Å². The van der Waals surface area contributed by atoms with Crippen LogP contribution in [-0.2, 0) is 29.0 Å². The van der Waals surface area contributed by atoms with Crippen LogP contribution in [0.1, 0.15) is 48.5 Å². The highest BCUT2D eigenvalue weighted by atomic mass is 16.2. The van der Waals surface area contributed by atoms with Gasteiger partial charge in [-0.15, -0.1) is 0 Å². The van der Waals surface area contributed by atoms with Crippen LogP contribution in [0.25, 0.3) is 0 Å². The summed E-state index contributed by atoms with van der Waals surface area (Å²) in [4.78, 5) is 43.4. The highest BCUT2D eigenvalue weighted by molar-refractivity contribution is 6.04. The van der Waals surface area contributed by atoms with Gasteiger partial charge in [0.1, 0.15) is 11.9 Å². The zero-order valence-corrected chi connectivity index (χ0v) is 13.6. The van der Waals surface area contributed by atoms with Crippen LogP contribution in [0.3, 0.4) is 0 Å². The molecule has 128 valence electrons. The van der Waals surface area contributed by atoms with Crippen LogP contribution in [0.5, 0.6) is 0 Å². The zero-order valence-electron chi connectivity index (χ0n) is 13.6. The van der Waals surface area contributed by atoms with Crippen molar-refractivity contribution in [3.63, 3.8) is 0 Å². The molecule has 1 saturated heterocycles. The minimum Gasteiger partial charge on any atom is -0.349 e. The van der Waals surface area contributed by atoms with E-state index >= 15 is 0 Å². The van der Waals surface area contributed by atoms with E-state index in [1.165, 1.54) is 12.0 Å². The Kier molecular flexibility index (Phi) is 4.73. The molecule has 8 nitrogen and oxygen atoms in total. The van der Waals surface area contributed by atoms with Gasteiger partial charge in [-0.05, 0) is 44.6 Å². The number of nitrogens with one attached hydrogen (secondary N) is 3. The lowest BCUT2D eigenvalue weighted by Gasteiger charge is -2.17. The number of amides is 4. The monoisotopic (exact) mass is 331 g/mol. The van der Waals surface area contributed by atoms with Gasteiger partial charge < -0.3 is 10.6 Å². The first-order valence-electron chi connectivity index (χ1n) is 8.26. The van der Waals surface area contributed by atoms with E-state index in [1.54, 1.807) is 0 Å². The molecule has 1 fully saturated rings. The van der Waals surface area contributed by atoms with Gasteiger partial charge in [0.15, 0.2) is 0 Å².